The lowest BCUT2D eigenvalue weighted by Crippen LogP contribution is -2.35. The van der Waals surface area contributed by atoms with Crippen molar-refractivity contribution in [3.05, 3.63) is 29.8 Å². The van der Waals surface area contributed by atoms with Crippen LogP contribution in [0.1, 0.15) is 17.3 Å². The van der Waals surface area contributed by atoms with Crippen molar-refractivity contribution in [1.82, 2.24) is 10.6 Å². The number of carbonyl (C=O) groups excluding carboxylic acids is 1. The van der Waals surface area contributed by atoms with Crippen molar-refractivity contribution in [3.8, 4) is 0 Å². The molecule has 0 aliphatic heterocycles. The number of nitrogens with one attached hydrogen (secondary N) is 2. The first kappa shape index (κ1) is 14.0. The van der Waals surface area contributed by atoms with Gasteiger partial charge < -0.3 is 10.1 Å². The number of hydrogen-bond donors (Lipinski definition) is 3. The van der Waals surface area contributed by atoms with Crippen molar-refractivity contribution in [2.75, 3.05) is 26.4 Å². The molecule has 5 heteroatoms. The minimum atomic E-state index is -0.0951. The summed E-state index contributed by atoms with van der Waals surface area (Å²) in [4.78, 5) is 12.5. The summed E-state index contributed by atoms with van der Waals surface area (Å²) in [5.74, 6) is -0.0951. The van der Waals surface area contributed by atoms with Crippen molar-refractivity contribution in [2.24, 2.45) is 0 Å². The van der Waals surface area contributed by atoms with Crippen LogP contribution in [0.2, 0.25) is 0 Å². The van der Waals surface area contributed by atoms with Crippen LogP contribution < -0.4 is 10.6 Å². The first-order valence-corrected chi connectivity index (χ1v) is 6.04. The van der Waals surface area contributed by atoms with E-state index in [1.54, 1.807) is 24.3 Å². The van der Waals surface area contributed by atoms with E-state index in [9.17, 15) is 4.79 Å². The predicted molar refractivity (Wildman–Crippen MR) is 70.5 cm³/mol. The normalized spacial score (nSPS) is 10.2. The average molecular weight is 254 g/mol. The van der Waals surface area contributed by atoms with E-state index in [4.69, 9.17) is 4.74 Å². The largest absolute Gasteiger partial charge is 0.380 e. The molecular formula is C12H18N2O2S. The monoisotopic (exact) mass is 254 g/mol. The Labute approximate surface area is 107 Å². The van der Waals surface area contributed by atoms with Crippen LogP contribution in [0.15, 0.2) is 29.2 Å². The third-order valence-electron chi connectivity index (χ3n) is 2.13. The average Bonchev–Trinajstić information content (AvgIpc) is 2.34. The van der Waals surface area contributed by atoms with Crippen molar-refractivity contribution >= 4 is 18.5 Å². The van der Waals surface area contributed by atoms with Crippen LogP contribution in [-0.4, -0.2) is 32.3 Å². The molecule has 0 aliphatic rings. The van der Waals surface area contributed by atoms with Crippen LogP contribution >= 0.6 is 12.6 Å². The topological polar surface area (TPSA) is 50.4 Å². The molecule has 0 heterocycles. The van der Waals surface area contributed by atoms with Crippen LogP contribution in [0.5, 0.6) is 0 Å². The molecule has 0 saturated carbocycles. The first-order chi connectivity index (χ1) is 8.24. The second kappa shape index (κ2) is 8.11. The summed E-state index contributed by atoms with van der Waals surface area (Å²) in [6.07, 6.45) is 0. The van der Waals surface area contributed by atoms with Crippen LogP contribution in [0.3, 0.4) is 0 Å². The van der Waals surface area contributed by atoms with Gasteiger partial charge in [-0.05, 0) is 31.2 Å². The Morgan fingerprint density at radius 1 is 1.35 bits per heavy atom. The van der Waals surface area contributed by atoms with E-state index in [0.717, 1.165) is 11.4 Å². The molecule has 0 aliphatic carbocycles. The molecule has 0 bridgehead atoms. The molecule has 0 radical (unpaired) electrons. The van der Waals surface area contributed by atoms with Crippen molar-refractivity contribution in [1.29, 1.82) is 0 Å². The van der Waals surface area contributed by atoms with Crippen LogP contribution in [0.25, 0.3) is 0 Å². The lowest BCUT2D eigenvalue weighted by Gasteiger charge is -2.07. The molecule has 0 fully saturated rings. The summed E-state index contributed by atoms with van der Waals surface area (Å²) in [6.45, 7) is 4.48. The molecule has 0 aromatic heterocycles. The predicted octanol–water partition coefficient (Wildman–Crippen LogP) is 1.29. The fraction of sp³-hybridized carbons (Fsp3) is 0.417. The SMILES string of the molecule is CCOCCNCNC(=O)c1ccc(S)cc1. The second-order valence-electron chi connectivity index (χ2n) is 3.43. The lowest BCUT2D eigenvalue weighted by molar-refractivity contribution is 0.0947. The zero-order chi connectivity index (χ0) is 12.5. The molecule has 0 atom stereocenters. The van der Waals surface area contributed by atoms with E-state index in [1.807, 2.05) is 6.92 Å². The molecule has 4 nitrogen and oxygen atoms in total. The summed E-state index contributed by atoms with van der Waals surface area (Å²) in [5.41, 5.74) is 0.634. The number of carbonyl (C=O) groups is 1. The Bertz CT molecular complexity index is 341. The Morgan fingerprint density at radius 2 is 2.06 bits per heavy atom. The van der Waals surface area contributed by atoms with Crippen molar-refractivity contribution in [2.45, 2.75) is 11.8 Å². The Hall–Kier alpha value is -1.04. The number of rotatable bonds is 7. The zero-order valence-electron chi connectivity index (χ0n) is 9.90. The third kappa shape index (κ3) is 5.72. The minimum absolute atomic E-state index is 0.0951. The van der Waals surface area contributed by atoms with Gasteiger partial charge in [0.2, 0.25) is 0 Å². The fourth-order valence-corrected chi connectivity index (χ4v) is 1.38. The van der Waals surface area contributed by atoms with Gasteiger partial charge >= 0.3 is 0 Å². The van der Waals surface area contributed by atoms with Gasteiger partial charge in [0, 0.05) is 23.6 Å². The standard InChI is InChI=1S/C12H18N2O2S/c1-2-16-8-7-13-9-14-12(15)10-3-5-11(17)6-4-10/h3-6,13,17H,2,7-9H2,1H3,(H,14,15). The molecule has 1 aromatic rings. The highest BCUT2D eigenvalue weighted by Crippen LogP contribution is 2.07. The number of amides is 1. The number of hydrogen-bond acceptors (Lipinski definition) is 4. The highest BCUT2D eigenvalue weighted by Gasteiger charge is 2.02. The van der Waals surface area contributed by atoms with E-state index in [0.29, 0.717) is 25.4 Å². The Balaban J connectivity index is 2.19. The molecule has 2 N–H and O–H groups in total. The Morgan fingerprint density at radius 3 is 2.71 bits per heavy atom. The lowest BCUT2D eigenvalue weighted by atomic mass is 10.2. The summed E-state index contributed by atoms with van der Waals surface area (Å²) in [5, 5.41) is 5.82. The van der Waals surface area contributed by atoms with Gasteiger partial charge in [-0.2, -0.15) is 0 Å². The second-order valence-corrected chi connectivity index (χ2v) is 3.94. The highest BCUT2D eigenvalue weighted by molar-refractivity contribution is 7.80. The van der Waals surface area contributed by atoms with Gasteiger partial charge in [-0.25, -0.2) is 0 Å². The maximum atomic E-state index is 11.6. The van der Waals surface area contributed by atoms with Crippen LogP contribution in [0.4, 0.5) is 0 Å². The number of benzene rings is 1. The van der Waals surface area contributed by atoms with E-state index < -0.39 is 0 Å². The van der Waals surface area contributed by atoms with Gasteiger partial charge in [0.15, 0.2) is 0 Å². The molecule has 94 valence electrons. The number of thiol groups is 1. The summed E-state index contributed by atoms with van der Waals surface area (Å²) in [6, 6.07) is 7.08. The fourth-order valence-electron chi connectivity index (χ4n) is 1.23. The Kier molecular flexibility index (Phi) is 6.69. The first-order valence-electron chi connectivity index (χ1n) is 5.59. The molecule has 0 unspecified atom stereocenters. The summed E-state index contributed by atoms with van der Waals surface area (Å²) in [7, 11) is 0. The maximum absolute atomic E-state index is 11.6. The minimum Gasteiger partial charge on any atom is -0.380 e. The highest BCUT2D eigenvalue weighted by atomic mass is 32.1. The zero-order valence-corrected chi connectivity index (χ0v) is 10.8. The van der Waals surface area contributed by atoms with Gasteiger partial charge in [-0.1, -0.05) is 0 Å². The van der Waals surface area contributed by atoms with Gasteiger partial charge in [0.25, 0.3) is 5.91 Å². The molecule has 0 spiro atoms. The van der Waals surface area contributed by atoms with E-state index in [-0.39, 0.29) is 5.91 Å². The summed E-state index contributed by atoms with van der Waals surface area (Å²) < 4.78 is 5.15. The van der Waals surface area contributed by atoms with Crippen molar-refractivity contribution < 1.29 is 9.53 Å². The third-order valence-corrected chi connectivity index (χ3v) is 2.43. The van der Waals surface area contributed by atoms with Crippen LogP contribution in [-0.2, 0) is 4.74 Å². The van der Waals surface area contributed by atoms with Crippen molar-refractivity contribution in [3.63, 3.8) is 0 Å². The van der Waals surface area contributed by atoms with E-state index in [1.165, 1.54) is 0 Å². The van der Waals surface area contributed by atoms with Gasteiger partial charge in [0.05, 0.1) is 13.3 Å². The molecule has 1 amide bonds. The molecular weight excluding hydrogens is 236 g/mol. The van der Waals surface area contributed by atoms with Gasteiger partial charge in [0.1, 0.15) is 0 Å². The summed E-state index contributed by atoms with van der Waals surface area (Å²) >= 11 is 4.16. The quantitative estimate of drug-likeness (QED) is 0.390. The van der Waals surface area contributed by atoms with E-state index >= 15 is 0 Å². The molecule has 0 saturated heterocycles. The smallest absolute Gasteiger partial charge is 0.252 e. The molecule has 1 rings (SSSR count). The van der Waals surface area contributed by atoms with Gasteiger partial charge in [-0.15, -0.1) is 12.6 Å². The van der Waals surface area contributed by atoms with Crippen LogP contribution in [0, 0.1) is 0 Å². The number of ether oxygens (including phenoxy) is 1. The molecule has 17 heavy (non-hydrogen) atoms. The molecule has 1 aromatic carbocycles. The maximum Gasteiger partial charge on any atom is 0.252 e. The van der Waals surface area contributed by atoms with Gasteiger partial charge in [-0.3, -0.25) is 10.1 Å². The van der Waals surface area contributed by atoms with E-state index in [2.05, 4.69) is 23.3 Å².